The molecule has 0 aliphatic carbocycles. The number of benzene rings is 2. The number of guanidine groups is 1. The van der Waals surface area contributed by atoms with E-state index in [2.05, 4.69) is 66.2 Å². The summed E-state index contributed by atoms with van der Waals surface area (Å²) in [6.45, 7) is 12.6. The van der Waals surface area contributed by atoms with Crippen LogP contribution >= 0.6 is 11.6 Å². The number of nitrogens with two attached hydrogens (primary N) is 1. The smallest absolute Gasteiger partial charge is 0.296 e. The highest BCUT2D eigenvalue weighted by Gasteiger charge is 2.20. The molecule has 56 heavy (non-hydrogen) atoms. The molecule has 0 spiro atoms. The summed E-state index contributed by atoms with van der Waals surface area (Å²) in [7, 11) is -10.5. The van der Waals surface area contributed by atoms with Crippen LogP contribution in [0.5, 0.6) is 0 Å². The van der Waals surface area contributed by atoms with Crippen LogP contribution in [-0.2, 0) is 34.5 Å². The number of nitriles is 1. The zero-order chi connectivity index (χ0) is 41.7. The molecule has 19 nitrogen and oxygen atoms in total. The third kappa shape index (κ3) is 13.0. The quantitative estimate of drug-likeness (QED) is 0.0227. The molecule has 3 aromatic rings. The van der Waals surface area contributed by atoms with E-state index >= 15 is 0 Å². The zero-order valence-corrected chi connectivity index (χ0v) is 33.2. The highest BCUT2D eigenvalue weighted by molar-refractivity contribution is 7.94. The number of sulfone groups is 2. The van der Waals surface area contributed by atoms with Gasteiger partial charge in [-0.05, 0) is 67.4 Å². The van der Waals surface area contributed by atoms with Crippen molar-refractivity contribution in [2.45, 2.75) is 23.1 Å². The van der Waals surface area contributed by atoms with Gasteiger partial charge in [0.05, 0.1) is 16.2 Å². The van der Waals surface area contributed by atoms with Crippen LogP contribution in [-0.4, -0.2) is 78.6 Å². The van der Waals surface area contributed by atoms with Gasteiger partial charge in [-0.3, -0.25) is 4.55 Å². The summed E-state index contributed by atoms with van der Waals surface area (Å²) in [5, 5.41) is 31.2. The molecule has 0 fully saturated rings. The van der Waals surface area contributed by atoms with E-state index in [1.165, 1.54) is 43.5 Å². The van der Waals surface area contributed by atoms with E-state index in [0.717, 1.165) is 16.9 Å². The number of halogens is 1. The van der Waals surface area contributed by atoms with E-state index < -0.39 is 40.0 Å². The van der Waals surface area contributed by atoms with Crippen LogP contribution in [0.1, 0.15) is 17.5 Å². The Labute approximate surface area is 329 Å². The van der Waals surface area contributed by atoms with Crippen LogP contribution in [0.25, 0.3) is 0 Å². The number of aliphatic imine (C=N–C) groups is 2. The van der Waals surface area contributed by atoms with Crippen LogP contribution in [0.2, 0.25) is 0 Å². The number of aromatic nitrogens is 1. The van der Waals surface area contributed by atoms with Crippen molar-refractivity contribution in [2.75, 3.05) is 53.8 Å². The lowest BCUT2D eigenvalue weighted by Gasteiger charge is -2.15. The second-order valence-electron chi connectivity index (χ2n) is 11.2. The number of rotatable bonds is 19. The van der Waals surface area contributed by atoms with Crippen LogP contribution in [0.4, 0.5) is 34.4 Å². The van der Waals surface area contributed by atoms with Crippen LogP contribution in [0, 0.1) is 18.3 Å². The standard InChI is InChI=1S/C33H38ClN11O8S3/c1-6-54(46,47)18-16-38-30-26(20-35)21(3)29(31(42-30)37-15-8-17-53-5)45-44-27-19-24(11-14-28(27)56(50,51)52)39-22(4)40-33(43-32(34)36)41-23-9-12-25(13-10-23)55(48,49)7-2/h6-7,9-14,19,39H,1-2,4,8,15-18H2,3,5H3,(H2,37,38,42)(H,50,51,52)(H3,36,40,41,43). The second kappa shape index (κ2) is 19.8. The van der Waals surface area contributed by atoms with E-state index in [-0.39, 0.29) is 68.8 Å². The number of nitrogens with one attached hydrogen (secondary N) is 4. The number of pyridine rings is 1. The third-order valence-electron chi connectivity index (χ3n) is 7.17. The normalized spacial score (nSPS) is 12.5. The van der Waals surface area contributed by atoms with Crippen molar-refractivity contribution in [1.29, 1.82) is 5.26 Å². The lowest BCUT2D eigenvalue weighted by molar-refractivity contribution is 0.198. The Morgan fingerprint density at radius 3 is 2.23 bits per heavy atom. The second-order valence-corrected chi connectivity index (χ2v) is 16.9. The number of azo groups is 1. The monoisotopic (exact) mass is 847 g/mol. The number of hydrogen-bond donors (Lipinski definition) is 6. The van der Waals surface area contributed by atoms with Crippen molar-refractivity contribution in [2.24, 2.45) is 25.9 Å². The van der Waals surface area contributed by atoms with E-state index in [1.54, 1.807) is 6.92 Å². The fourth-order valence-electron chi connectivity index (χ4n) is 4.48. The summed E-state index contributed by atoms with van der Waals surface area (Å²) >= 11 is 5.79. The van der Waals surface area contributed by atoms with E-state index in [4.69, 9.17) is 22.1 Å². The average molecular weight is 848 g/mol. The van der Waals surface area contributed by atoms with Crippen molar-refractivity contribution in [1.82, 2.24) is 4.98 Å². The fraction of sp³-hybridized carbons (Fsp3) is 0.212. The molecule has 298 valence electrons. The lowest BCUT2D eigenvalue weighted by atomic mass is 10.1. The minimum Gasteiger partial charge on any atom is -0.385 e. The average Bonchev–Trinajstić information content (AvgIpc) is 3.12. The summed E-state index contributed by atoms with van der Waals surface area (Å²) in [5.74, 6) is -0.381. The van der Waals surface area contributed by atoms with Crippen LogP contribution in [0.15, 0.2) is 109 Å². The summed E-state index contributed by atoms with van der Waals surface area (Å²) in [4.78, 5) is 12.0. The summed E-state index contributed by atoms with van der Waals surface area (Å²) in [6.07, 6.45) is 0.535. The molecule has 3 rings (SSSR count). The maximum Gasteiger partial charge on any atom is 0.296 e. The molecule has 0 aliphatic heterocycles. The minimum absolute atomic E-state index is 0.000728. The minimum atomic E-state index is -4.84. The molecule has 1 aromatic heterocycles. The molecule has 0 unspecified atom stereocenters. The maximum atomic E-state index is 12.4. The van der Waals surface area contributed by atoms with Gasteiger partial charge in [-0.1, -0.05) is 19.7 Å². The van der Waals surface area contributed by atoms with Gasteiger partial charge in [0, 0.05) is 54.6 Å². The lowest BCUT2D eigenvalue weighted by Crippen LogP contribution is -2.16. The number of anilines is 4. The van der Waals surface area contributed by atoms with Crippen LogP contribution < -0.4 is 27.0 Å². The first kappa shape index (κ1) is 44.7. The predicted molar refractivity (Wildman–Crippen MR) is 217 cm³/mol. The van der Waals surface area contributed by atoms with Gasteiger partial charge in [0.1, 0.15) is 34.0 Å². The molecule has 0 amide bonds. The molecule has 0 aliphatic rings. The third-order valence-corrected chi connectivity index (χ3v) is 10.8. The summed E-state index contributed by atoms with van der Waals surface area (Å²) < 4.78 is 87.8. The molecule has 0 saturated carbocycles. The van der Waals surface area contributed by atoms with Gasteiger partial charge < -0.3 is 31.7 Å². The molecule has 0 atom stereocenters. The molecule has 1 heterocycles. The van der Waals surface area contributed by atoms with Crippen molar-refractivity contribution >= 4 is 87.0 Å². The van der Waals surface area contributed by atoms with E-state index in [9.17, 15) is 35.1 Å². The van der Waals surface area contributed by atoms with Gasteiger partial charge >= 0.3 is 0 Å². The number of amidine groups is 1. The Kier molecular flexibility index (Phi) is 15.8. The highest BCUT2D eigenvalue weighted by Crippen LogP contribution is 2.36. The SMILES string of the molecule is C=CS(=O)(=O)CCNc1nc(NCCCOC)c(N=Nc2cc(NC(=C)N=C(N=C(N)Cl)Nc3ccc(S(=O)(=O)C=C)cc3)ccc2S(=O)(=O)O)c(C)c1C#N. The molecule has 0 saturated heterocycles. The topological polar surface area (TPSA) is 292 Å². The first-order valence-electron chi connectivity index (χ1n) is 15.9. The van der Waals surface area contributed by atoms with Gasteiger partial charge in [0.15, 0.2) is 30.8 Å². The Morgan fingerprint density at radius 2 is 1.64 bits per heavy atom. The predicted octanol–water partition coefficient (Wildman–Crippen LogP) is 5.16. The van der Waals surface area contributed by atoms with Crippen molar-refractivity contribution in [3.63, 3.8) is 0 Å². The maximum absolute atomic E-state index is 12.4. The Bertz CT molecular complexity index is 2450. The molecule has 23 heteroatoms. The van der Waals surface area contributed by atoms with Gasteiger partial charge in [-0.15, -0.1) is 10.2 Å². The molecule has 0 bridgehead atoms. The number of ether oxygens (including phenoxy) is 1. The summed E-state index contributed by atoms with van der Waals surface area (Å²) in [5.41, 5.74) is 6.04. The van der Waals surface area contributed by atoms with Gasteiger partial charge in [-0.2, -0.15) is 23.7 Å². The van der Waals surface area contributed by atoms with Crippen LogP contribution in [0.3, 0.4) is 0 Å². The van der Waals surface area contributed by atoms with Crippen molar-refractivity contribution < 1.29 is 34.5 Å². The van der Waals surface area contributed by atoms with Gasteiger partial charge in [-0.25, -0.2) is 21.8 Å². The van der Waals surface area contributed by atoms with Gasteiger partial charge in [0.2, 0.25) is 5.96 Å². The van der Waals surface area contributed by atoms with E-state index in [1.807, 2.05) is 6.07 Å². The molecule has 0 radical (unpaired) electrons. The number of methoxy groups -OCH3 is 1. The number of hydrogen-bond acceptors (Lipinski definition) is 15. The zero-order valence-electron chi connectivity index (χ0n) is 30.0. The van der Waals surface area contributed by atoms with Crippen molar-refractivity contribution in [3.05, 3.63) is 90.0 Å². The first-order chi connectivity index (χ1) is 26.3. The Balaban J connectivity index is 2.02. The number of nitrogens with zero attached hydrogens (tertiary/aromatic N) is 6. The molecular weight excluding hydrogens is 810 g/mol. The highest BCUT2D eigenvalue weighted by atomic mass is 35.5. The molecular formula is C33H38ClN11O8S3. The fourth-order valence-corrected chi connectivity index (χ4v) is 6.42. The Morgan fingerprint density at radius 1 is 0.982 bits per heavy atom. The molecule has 7 N–H and O–H groups in total. The first-order valence-corrected chi connectivity index (χ1v) is 21.0. The molecule has 2 aromatic carbocycles. The van der Waals surface area contributed by atoms with Crippen molar-refractivity contribution in [3.8, 4) is 6.07 Å². The Hall–Kier alpha value is -5.70. The largest absolute Gasteiger partial charge is 0.385 e. The van der Waals surface area contributed by atoms with Gasteiger partial charge in [0.25, 0.3) is 10.1 Å². The summed E-state index contributed by atoms with van der Waals surface area (Å²) in [6, 6.07) is 11.1. The van der Waals surface area contributed by atoms with E-state index in [0.29, 0.717) is 25.3 Å².